The van der Waals surface area contributed by atoms with Crippen LogP contribution in [0.1, 0.15) is 46.0 Å². The number of alkyl halides is 3. The second kappa shape index (κ2) is 9.29. The number of aromatic hydroxyl groups is 1. The highest BCUT2D eigenvalue weighted by Crippen LogP contribution is 2.33. The largest absolute Gasteiger partial charge is 0.508 e. The Morgan fingerprint density at radius 3 is 2.43 bits per heavy atom. The van der Waals surface area contributed by atoms with Crippen LogP contribution in [0.5, 0.6) is 5.75 Å². The molecule has 0 spiro atoms. The molecule has 0 saturated heterocycles. The maximum atomic E-state index is 13.2. The Labute approximate surface area is 160 Å². The topological polar surface area (TPSA) is 66.8 Å². The zero-order valence-electron chi connectivity index (χ0n) is 15.1. The number of phenolic OH excluding ortho intramolecular Hbond substituents is 1. The fraction of sp³-hybridized carbons (Fsp3) is 0.286. The van der Waals surface area contributed by atoms with Crippen molar-refractivity contribution in [1.82, 2.24) is 0 Å². The van der Waals surface area contributed by atoms with Crippen molar-refractivity contribution in [3.63, 3.8) is 0 Å². The van der Waals surface area contributed by atoms with Gasteiger partial charge >= 0.3 is 12.1 Å². The molecule has 0 bridgehead atoms. The molecule has 0 fully saturated rings. The van der Waals surface area contributed by atoms with Crippen molar-refractivity contribution in [2.24, 2.45) is 0 Å². The van der Waals surface area contributed by atoms with Crippen LogP contribution in [0.3, 0.4) is 0 Å². The van der Waals surface area contributed by atoms with Crippen molar-refractivity contribution in [3.8, 4) is 17.6 Å². The van der Waals surface area contributed by atoms with Crippen LogP contribution < -0.4 is 0 Å². The van der Waals surface area contributed by atoms with Crippen LogP contribution in [0, 0.1) is 11.8 Å². The number of halogens is 3. The third-order valence-corrected chi connectivity index (χ3v) is 3.93. The van der Waals surface area contributed by atoms with Gasteiger partial charge in [0.05, 0.1) is 11.1 Å². The van der Waals surface area contributed by atoms with E-state index in [2.05, 4.69) is 11.8 Å². The van der Waals surface area contributed by atoms with Crippen LogP contribution in [0.2, 0.25) is 0 Å². The molecular weight excluding hydrogens is 373 g/mol. The molecule has 0 aromatic heterocycles. The lowest BCUT2D eigenvalue weighted by Crippen LogP contribution is -2.07. The van der Waals surface area contributed by atoms with E-state index in [9.17, 15) is 23.1 Å². The maximum Gasteiger partial charge on any atom is 0.417 e. The molecule has 0 atom stereocenters. The van der Waals surface area contributed by atoms with Gasteiger partial charge in [-0.05, 0) is 61.7 Å². The molecule has 2 rings (SSSR count). The second-order valence-corrected chi connectivity index (χ2v) is 5.96. The molecule has 2 aromatic rings. The Kier molecular flexibility index (Phi) is 7.07. The van der Waals surface area contributed by atoms with Crippen molar-refractivity contribution >= 4 is 5.97 Å². The monoisotopic (exact) mass is 392 g/mol. The molecule has 0 amide bonds. The first-order chi connectivity index (χ1) is 13.2. The Bertz CT molecular complexity index is 908. The molecule has 2 N–H and O–H groups in total. The number of ether oxygens (including phenoxy) is 1. The Morgan fingerprint density at radius 2 is 1.79 bits per heavy atom. The maximum absolute atomic E-state index is 13.2. The summed E-state index contributed by atoms with van der Waals surface area (Å²) in [5.74, 6) is 3.60. The molecule has 0 unspecified atom stereocenters. The number of aryl methyl sites for hydroxylation is 1. The molecule has 0 aliphatic heterocycles. The summed E-state index contributed by atoms with van der Waals surface area (Å²) in [7, 11) is 0. The van der Waals surface area contributed by atoms with Gasteiger partial charge in [-0.15, -0.1) is 0 Å². The SMILES string of the molecule is CCOCCCc1cc(C(=O)O)ccc1C#Cc1ccc(O)cc1C(F)(F)F. The first kappa shape index (κ1) is 21.3. The average molecular weight is 392 g/mol. The molecule has 148 valence electrons. The normalized spacial score (nSPS) is 11.0. The quantitative estimate of drug-likeness (QED) is 0.562. The van der Waals surface area contributed by atoms with Gasteiger partial charge in [-0.25, -0.2) is 4.79 Å². The smallest absolute Gasteiger partial charge is 0.417 e. The zero-order chi connectivity index (χ0) is 20.7. The van der Waals surface area contributed by atoms with Gasteiger partial charge in [0.2, 0.25) is 0 Å². The Morgan fingerprint density at radius 1 is 1.11 bits per heavy atom. The minimum absolute atomic E-state index is 0.0811. The third kappa shape index (κ3) is 5.76. The predicted octanol–water partition coefficient (Wildman–Crippen LogP) is 4.48. The summed E-state index contributed by atoms with van der Waals surface area (Å²) in [5, 5.41) is 18.5. The molecule has 0 radical (unpaired) electrons. The van der Waals surface area contributed by atoms with Crippen LogP contribution in [0.15, 0.2) is 36.4 Å². The number of rotatable bonds is 6. The van der Waals surface area contributed by atoms with Crippen molar-refractivity contribution in [3.05, 3.63) is 64.2 Å². The second-order valence-electron chi connectivity index (χ2n) is 5.96. The molecule has 0 saturated carbocycles. The van der Waals surface area contributed by atoms with Crippen molar-refractivity contribution in [2.45, 2.75) is 25.9 Å². The van der Waals surface area contributed by atoms with E-state index in [1.807, 2.05) is 6.92 Å². The van der Waals surface area contributed by atoms with Gasteiger partial charge in [0.1, 0.15) is 5.75 Å². The zero-order valence-corrected chi connectivity index (χ0v) is 15.1. The summed E-state index contributed by atoms with van der Waals surface area (Å²) < 4.78 is 44.7. The number of hydrogen-bond donors (Lipinski definition) is 2. The van der Waals surface area contributed by atoms with Crippen LogP contribution in [-0.4, -0.2) is 29.4 Å². The molecular formula is C21H19F3O4. The molecule has 2 aromatic carbocycles. The summed E-state index contributed by atoms with van der Waals surface area (Å²) in [6.45, 7) is 2.90. The van der Waals surface area contributed by atoms with Gasteiger partial charge in [-0.3, -0.25) is 0 Å². The first-order valence-corrected chi connectivity index (χ1v) is 8.58. The lowest BCUT2D eigenvalue weighted by atomic mass is 9.99. The Hall–Kier alpha value is -2.98. The number of carboxylic acids is 1. The number of phenols is 1. The highest BCUT2D eigenvalue weighted by Gasteiger charge is 2.33. The fourth-order valence-corrected chi connectivity index (χ4v) is 2.57. The van der Waals surface area contributed by atoms with E-state index in [1.54, 1.807) is 0 Å². The summed E-state index contributed by atoms with van der Waals surface area (Å²) >= 11 is 0. The highest BCUT2D eigenvalue weighted by molar-refractivity contribution is 5.88. The number of carbonyl (C=O) groups is 1. The van der Waals surface area contributed by atoms with E-state index in [0.29, 0.717) is 43.2 Å². The van der Waals surface area contributed by atoms with E-state index in [4.69, 9.17) is 9.84 Å². The van der Waals surface area contributed by atoms with Gasteiger partial charge in [0.15, 0.2) is 0 Å². The van der Waals surface area contributed by atoms with Crippen molar-refractivity contribution in [2.75, 3.05) is 13.2 Å². The summed E-state index contributed by atoms with van der Waals surface area (Å²) in [4.78, 5) is 11.2. The predicted molar refractivity (Wildman–Crippen MR) is 97.3 cm³/mol. The average Bonchev–Trinajstić information content (AvgIpc) is 2.63. The molecule has 4 nitrogen and oxygen atoms in total. The van der Waals surface area contributed by atoms with Crippen LogP contribution in [0.4, 0.5) is 13.2 Å². The van der Waals surface area contributed by atoms with Crippen molar-refractivity contribution in [1.29, 1.82) is 0 Å². The van der Waals surface area contributed by atoms with Crippen LogP contribution in [0.25, 0.3) is 0 Å². The number of hydrogen-bond acceptors (Lipinski definition) is 3. The van der Waals surface area contributed by atoms with E-state index in [0.717, 1.165) is 12.1 Å². The minimum atomic E-state index is -4.66. The third-order valence-electron chi connectivity index (χ3n) is 3.93. The number of benzene rings is 2. The lowest BCUT2D eigenvalue weighted by molar-refractivity contribution is -0.137. The van der Waals surface area contributed by atoms with E-state index in [-0.39, 0.29) is 11.1 Å². The standard InChI is InChI=1S/C21H19F3O4/c1-2-28-11-3-4-16-12-17(20(26)27)8-6-14(16)5-7-15-9-10-18(25)13-19(15)21(22,23)24/h6,8-10,12-13,25H,2-4,11H2,1H3,(H,26,27). The Balaban J connectivity index is 2.40. The highest BCUT2D eigenvalue weighted by atomic mass is 19.4. The van der Waals surface area contributed by atoms with Gasteiger partial charge in [-0.1, -0.05) is 11.8 Å². The van der Waals surface area contributed by atoms with E-state index >= 15 is 0 Å². The number of aromatic carboxylic acids is 1. The molecule has 7 heteroatoms. The van der Waals surface area contributed by atoms with Gasteiger partial charge < -0.3 is 14.9 Å². The lowest BCUT2D eigenvalue weighted by Gasteiger charge is -2.09. The van der Waals surface area contributed by atoms with Gasteiger partial charge in [0.25, 0.3) is 0 Å². The molecule has 0 heterocycles. The first-order valence-electron chi connectivity index (χ1n) is 8.58. The van der Waals surface area contributed by atoms with Crippen LogP contribution in [-0.2, 0) is 17.3 Å². The number of carboxylic acid groups (broad SMARTS) is 1. The van der Waals surface area contributed by atoms with Gasteiger partial charge in [-0.2, -0.15) is 13.2 Å². The van der Waals surface area contributed by atoms with Crippen molar-refractivity contribution < 1.29 is 32.9 Å². The minimum Gasteiger partial charge on any atom is -0.508 e. The fourth-order valence-electron chi connectivity index (χ4n) is 2.57. The molecule has 28 heavy (non-hydrogen) atoms. The molecule has 0 aliphatic rings. The summed E-state index contributed by atoms with van der Waals surface area (Å²) in [5.41, 5.74) is -0.146. The molecule has 0 aliphatic carbocycles. The van der Waals surface area contributed by atoms with E-state index < -0.39 is 23.5 Å². The van der Waals surface area contributed by atoms with Crippen LogP contribution >= 0.6 is 0 Å². The van der Waals surface area contributed by atoms with Gasteiger partial charge in [0, 0.05) is 24.3 Å². The summed E-state index contributed by atoms with van der Waals surface area (Å²) in [6, 6.07) is 7.18. The summed E-state index contributed by atoms with van der Waals surface area (Å²) in [6.07, 6.45) is -3.55. The van der Waals surface area contributed by atoms with E-state index in [1.165, 1.54) is 18.2 Å².